The number of urea groups is 1. The Kier molecular flexibility index (Phi) is 6.91. The van der Waals surface area contributed by atoms with Crippen molar-refractivity contribution in [3.05, 3.63) is 71.2 Å². The van der Waals surface area contributed by atoms with Gasteiger partial charge in [0.2, 0.25) is 5.91 Å². The number of benzene rings is 3. The minimum absolute atomic E-state index is 0.00808. The molecule has 0 aromatic heterocycles. The lowest BCUT2D eigenvalue weighted by molar-refractivity contribution is -0.140. The van der Waals surface area contributed by atoms with E-state index in [0.29, 0.717) is 16.1 Å². The van der Waals surface area contributed by atoms with Gasteiger partial charge in [-0.2, -0.15) is 0 Å². The molecule has 1 atom stereocenters. The number of anilines is 2. The molecule has 0 saturated heterocycles. The monoisotopic (exact) mass is 454 g/mol. The molecule has 0 aliphatic rings. The van der Waals surface area contributed by atoms with Crippen molar-refractivity contribution >= 4 is 57.6 Å². The molecule has 32 heavy (non-hydrogen) atoms. The molecule has 0 heterocycles. The molecular weight excluding hydrogens is 436 g/mol. The summed E-state index contributed by atoms with van der Waals surface area (Å²) in [6.45, 7) is 0. The zero-order valence-electron chi connectivity index (χ0n) is 16.6. The van der Waals surface area contributed by atoms with Crippen LogP contribution in [0, 0.1) is 0 Å². The van der Waals surface area contributed by atoms with Crippen LogP contribution in [0.15, 0.2) is 60.7 Å². The fraction of sp³-hybridized carbons (Fsp3) is 0.0909. The molecule has 0 radical (unpaired) electrons. The van der Waals surface area contributed by atoms with Gasteiger partial charge < -0.3 is 26.8 Å². The van der Waals surface area contributed by atoms with Gasteiger partial charge in [0.1, 0.15) is 6.04 Å². The molecule has 3 rings (SSSR count). The van der Waals surface area contributed by atoms with Crippen molar-refractivity contribution in [3.8, 4) is 0 Å². The van der Waals surface area contributed by atoms with E-state index in [4.69, 9.17) is 17.3 Å². The summed E-state index contributed by atoms with van der Waals surface area (Å²) in [7, 11) is 0. The van der Waals surface area contributed by atoms with E-state index in [1.54, 1.807) is 54.6 Å². The number of nitrogens with one attached hydrogen (secondary N) is 3. The van der Waals surface area contributed by atoms with E-state index >= 15 is 0 Å². The highest BCUT2D eigenvalue weighted by atomic mass is 35.5. The maximum Gasteiger partial charge on any atom is 0.326 e. The molecular formula is C22H19ClN4O5. The second-order valence-electron chi connectivity index (χ2n) is 6.84. The fourth-order valence-corrected chi connectivity index (χ4v) is 3.19. The largest absolute Gasteiger partial charge is 0.480 e. The predicted molar refractivity (Wildman–Crippen MR) is 121 cm³/mol. The lowest BCUT2D eigenvalue weighted by Crippen LogP contribution is -2.43. The molecule has 0 aliphatic carbocycles. The predicted octanol–water partition coefficient (Wildman–Crippen LogP) is 3.20. The Balaban J connectivity index is 1.92. The van der Waals surface area contributed by atoms with Crippen LogP contribution in [0.3, 0.4) is 0 Å². The average Bonchev–Trinajstić information content (AvgIpc) is 2.74. The third-order valence-corrected chi connectivity index (χ3v) is 4.84. The minimum atomic E-state index is -1.52. The highest BCUT2D eigenvalue weighted by Gasteiger charge is 2.24. The summed E-state index contributed by atoms with van der Waals surface area (Å²) in [6, 6.07) is 14.7. The SMILES string of the molecule is NC(=O)C[C@H](NC(=O)c1cc2ccccc2cc1NC(=O)Nc1ccccc1Cl)C(=O)O. The summed E-state index contributed by atoms with van der Waals surface area (Å²) in [5.74, 6) is -3.09. The third kappa shape index (κ3) is 5.52. The number of carbonyl (C=O) groups is 4. The van der Waals surface area contributed by atoms with Crippen LogP contribution in [-0.4, -0.2) is 35.0 Å². The summed E-state index contributed by atoms with van der Waals surface area (Å²) >= 11 is 6.06. The first-order valence-electron chi connectivity index (χ1n) is 9.42. The van der Waals surface area contributed by atoms with Gasteiger partial charge in [-0.05, 0) is 35.0 Å². The molecule has 9 nitrogen and oxygen atoms in total. The van der Waals surface area contributed by atoms with Gasteiger partial charge in [-0.3, -0.25) is 9.59 Å². The summed E-state index contributed by atoms with van der Waals surface area (Å²) in [5, 5.41) is 18.5. The number of carboxylic acids is 1. The number of carboxylic acid groups (broad SMARTS) is 1. The van der Waals surface area contributed by atoms with Crippen molar-refractivity contribution in [1.82, 2.24) is 5.32 Å². The van der Waals surface area contributed by atoms with E-state index < -0.39 is 36.3 Å². The van der Waals surface area contributed by atoms with Gasteiger partial charge in [0.25, 0.3) is 5.91 Å². The number of primary amides is 1. The van der Waals surface area contributed by atoms with Gasteiger partial charge in [0.05, 0.1) is 28.4 Å². The second-order valence-corrected chi connectivity index (χ2v) is 7.25. The molecule has 0 aliphatic heterocycles. The normalized spacial score (nSPS) is 11.4. The number of hydrogen-bond acceptors (Lipinski definition) is 4. The third-order valence-electron chi connectivity index (χ3n) is 4.51. The van der Waals surface area contributed by atoms with Gasteiger partial charge in [-0.15, -0.1) is 0 Å². The molecule has 3 aromatic carbocycles. The first-order chi connectivity index (χ1) is 15.2. The Hall–Kier alpha value is -4.11. The van der Waals surface area contributed by atoms with Crippen molar-refractivity contribution in [2.45, 2.75) is 12.5 Å². The Morgan fingerprint density at radius 2 is 1.50 bits per heavy atom. The van der Waals surface area contributed by atoms with Crippen LogP contribution in [-0.2, 0) is 9.59 Å². The fourth-order valence-electron chi connectivity index (χ4n) is 3.01. The van der Waals surface area contributed by atoms with Crippen LogP contribution in [0.1, 0.15) is 16.8 Å². The quantitative estimate of drug-likeness (QED) is 0.371. The number of halogens is 1. The van der Waals surface area contributed by atoms with E-state index in [-0.39, 0.29) is 11.3 Å². The number of hydrogen-bond donors (Lipinski definition) is 5. The molecule has 0 saturated carbocycles. The highest BCUT2D eigenvalue weighted by molar-refractivity contribution is 6.33. The molecule has 6 N–H and O–H groups in total. The average molecular weight is 455 g/mol. The minimum Gasteiger partial charge on any atom is -0.480 e. The summed E-state index contributed by atoms with van der Waals surface area (Å²) in [4.78, 5) is 48.0. The van der Waals surface area contributed by atoms with Crippen molar-refractivity contribution in [1.29, 1.82) is 0 Å². The Bertz CT molecular complexity index is 1210. The van der Waals surface area contributed by atoms with Crippen molar-refractivity contribution in [2.24, 2.45) is 5.73 Å². The number of carbonyl (C=O) groups excluding carboxylic acids is 3. The topological polar surface area (TPSA) is 151 Å². The van der Waals surface area contributed by atoms with E-state index in [9.17, 15) is 24.3 Å². The van der Waals surface area contributed by atoms with Crippen LogP contribution < -0.4 is 21.7 Å². The van der Waals surface area contributed by atoms with Gasteiger partial charge >= 0.3 is 12.0 Å². The summed E-state index contributed by atoms with van der Waals surface area (Å²) < 4.78 is 0. The van der Waals surface area contributed by atoms with Gasteiger partial charge in [0.15, 0.2) is 0 Å². The summed E-state index contributed by atoms with van der Waals surface area (Å²) in [6.07, 6.45) is -0.579. The molecule has 0 fully saturated rings. The molecule has 0 unspecified atom stereocenters. The van der Waals surface area contributed by atoms with Crippen LogP contribution in [0.25, 0.3) is 10.8 Å². The number of aliphatic carboxylic acids is 1. The lowest BCUT2D eigenvalue weighted by atomic mass is 10.0. The van der Waals surface area contributed by atoms with E-state index in [1.807, 2.05) is 0 Å². The van der Waals surface area contributed by atoms with E-state index in [1.165, 1.54) is 6.07 Å². The zero-order chi connectivity index (χ0) is 23.3. The van der Waals surface area contributed by atoms with E-state index in [0.717, 1.165) is 5.39 Å². The number of nitrogens with two attached hydrogens (primary N) is 1. The number of amides is 4. The van der Waals surface area contributed by atoms with Gasteiger partial charge in [-0.1, -0.05) is 48.0 Å². The highest BCUT2D eigenvalue weighted by Crippen LogP contribution is 2.26. The van der Waals surface area contributed by atoms with Crippen LogP contribution in [0.4, 0.5) is 16.2 Å². The molecule has 10 heteroatoms. The first kappa shape index (κ1) is 22.6. The lowest BCUT2D eigenvalue weighted by Gasteiger charge is -2.17. The Labute approximate surface area is 187 Å². The van der Waals surface area contributed by atoms with Crippen molar-refractivity contribution < 1.29 is 24.3 Å². The zero-order valence-corrected chi connectivity index (χ0v) is 17.3. The second kappa shape index (κ2) is 9.80. The van der Waals surface area contributed by atoms with Gasteiger partial charge in [0, 0.05) is 0 Å². The maximum absolute atomic E-state index is 12.9. The Morgan fingerprint density at radius 1 is 0.906 bits per heavy atom. The number of fused-ring (bicyclic) bond motifs is 1. The van der Waals surface area contributed by atoms with Crippen LogP contribution >= 0.6 is 11.6 Å². The molecule has 164 valence electrons. The molecule has 0 spiro atoms. The maximum atomic E-state index is 12.9. The van der Waals surface area contributed by atoms with Crippen LogP contribution in [0.5, 0.6) is 0 Å². The van der Waals surface area contributed by atoms with Crippen molar-refractivity contribution in [3.63, 3.8) is 0 Å². The summed E-state index contributed by atoms with van der Waals surface area (Å²) in [5.41, 5.74) is 5.58. The van der Waals surface area contributed by atoms with Crippen LogP contribution in [0.2, 0.25) is 5.02 Å². The standard InChI is InChI=1S/C22H19ClN4O5/c23-15-7-3-4-8-16(15)26-22(32)27-17-10-13-6-2-1-5-12(13)9-14(17)20(29)25-18(21(30)31)11-19(24)28/h1-10,18H,11H2,(H2,24,28)(H,25,29)(H,30,31)(H2,26,27,32)/t18-/m0/s1. The first-order valence-corrected chi connectivity index (χ1v) is 9.79. The molecule has 4 amide bonds. The smallest absolute Gasteiger partial charge is 0.326 e. The van der Waals surface area contributed by atoms with E-state index in [2.05, 4.69) is 16.0 Å². The number of rotatable bonds is 7. The molecule has 0 bridgehead atoms. The Morgan fingerprint density at radius 3 is 2.12 bits per heavy atom. The number of para-hydroxylation sites is 1. The molecule has 3 aromatic rings. The van der Waals surface area contributed by atoms with Crippen molar-refractivity contribution in [2.75, 3.05) is 10.6 Å². The van der Waals surface area contributed by atoms with Gasteiger partial charge in [-0.25, -0.2) is 9.59 Å².